The van der Waals surface area contributed by atoms with Crippen molar-refractivity contribution in [3.8, 4) is 5.75 Å². The number of hydrogen-bond donors (Lipinski definition) is 0. The van der Waals surface area contributed by atoms with Gasteiger partial charge in [-0.2, -0.15) is 0 Å². The second kappa shape index (κ2) is 10.2. The lowest BCUT2D eigenvalue weighted by Crippen LogP contribution is -2.43. The Morgan fingerprint density at radius 3 is 2.17 bits per heavy atom. The summed E-state index contributed by atoms with van der Waals surface area (Å²) >= 11 is 0. The molecule has 0 saturated carbocycles. The monoisotopic (exact) mass is 411 g/mol. The molecular weight excluding hydrogens is 382 g/mol. The first kappa shape index (κ1) is 23.3. The highest BCUT2D eigenvalue weighted by Crippen LogP contribution is 2.24. The van der Waals surface area contributed by atoms with Crippen molar-refractivity contribution in [1.29, 1.82) is 0 Å². The van der Waals surface area contributed by atoms with E-state index in [1.165, 1.54) is 13.8 Å². The molecule has 0 aliphatic heterocycles. The fourth-order valence-electron chi connectivity index (χ4n) is 2.90. The molecular formula is C24H29NO5. The molecule has 6 nitrogen and oxygen atoms in total. The van der Waals surface area contributed by atoms with E-state index in [1.807, 2.05) is 30.3 Å². The summed E-state index contributed by atoms with van der Waals surface area (Å²) in [4.78, 5) is 37.7. The molecule has 0 saturated heterocycles. The van der Waals surface area contributed by atoms with Gasteiger partial charge in [0.05, 0.1) is 6.54 Å². The number of nitrogens with zero attached hydrogens (tertiary/aromatic N) is 1. The van der Waals surface area contributed by atoms with Gasteiger partial charge < -0.3 is 9.47 Å². The van der Waals surface area contributed by atoms with Crippen LogP contribution in [0.2, 0.25) is 0 Å². The number of ether oxygens (including phenoxy) is 2. The minimum atomic E-state index is -0.486. The average molecular weight is 411 g/mol. The van der Waals surface area contributed by atoms with E-state index >= 15 is 0 Å². The lowest BCUT2D eigenvalue weighted by Gasteiger charge is -2.35. The number of esters is 2. The molecule has 0 amide bonds. The van der Waals surface area contributed by atoms with Crippen LogP contribution in [0.5, 0.6) is 5.75 Å². The number of benzene rings is 2. The molecule has 0 radical (unpaired) electrons. The van der Waals surface area contributed by atoms with Crippen LogP contribution < -0.4 is 4.74 Å². The molecule has 160 valence electrons. The first-order valence-corrected chi connectivity index (χ1v) is 9.83. The normalized spacial score (nSPS) is 11.3. The lowest BCUT2D eigenvalue weighted by atomic mass is 10.0. The van der Waals surface area contributed by atoms with Crippen molar-refractivity contribution in [2.24, 2.45) is 0 Å². The van der Waals surface area contributed by atoms with Crippen molar-refractivity contribution in [1.82, 2.24) is 4.90 Å². The van der Waals surface area contributed by atoms with E-state index in [2.05, 4.69) is 25.7 Å². The van der Waals surface area contributed by atoms with Crippen molar-refractivity contribution in [3.05, 3.63) is 65.2 Å². The minimum Gasteiger partial charge on any atom is -0.461 e. The van der Waals surface area contributed by atoms with Gasteiger partial charge in [-0.15, -0.1) is 0 Å². The molecule has 0 bridgehead atoms. The summed E-state index contributed by atoms with van der Waals surface area (Å²) in [5, 5.41) is 0. The van der Waals surface area contributed by atoms with Gasteiger partial charge in [0.25, 0.3) is 0 Å². The highest BCUT2D eigenvalue weighted by molar-refractivity contribution is 5.98. The molecule has 0 heterocycles. The van der Waals surface area contributed by atoms with Crippen LogP contribution in [0.25, 0.3) is 0 Å². The van der Waals surface area contributed by atoms with Gasteiger partial charge in [0.15, 0.2) is 5.78 Å². The first-order valence-electron chi connectivity index (χ1n) is 9.83. The topological polar surface area (TPSA) is 72.9 Å². The summed E-state index contributed by atoms with van der Waals surface area (Å²) < 4.78 is 10.2. The van der Waals surface area contributed by atoms with E-state index in [-0.39, 0.29) is 30.2 Å². The zero-order valence-electron chi connectivity index (χ0n) is 18.2. The summed E-state index contributed by atoms with van der Waals surface area (Å²) in [6.45, 7) is 9.58. The van der Waals surface area contributed by atoms with Gasteiger partial charge in [0, 0.05) is 37.1 Å². The van der Waals surface area contributed by atoms with Gasteiger partial charge in [-0.05, 0) is 44.5 Å². The molecule has 0 aliphatic carbocycles. The van der Waals surface area contributed by atoms with Crippen molar-refractivity contribution in [2.75, 3.05) is 6.54 Å². The number of ketones is 1. The van der Waals surface area contributed by atoms with E-state index in [0.29, 0.717) is 17.7 Å². The van der Waals surface area contributed by atoms with Crippen LogP contribution in [0.15, 0.2) is 48.5 Å². The van der Waals surface area contributed by atoms with E-state index in [1.54, 1.807) is 18.2 Å². The Labute approximate surface area is 177 Å². The Bertz CT molecular complexity index is 900. The molecule has 0 aliphatic rings. The highest BCUT2D eigenvalue weighted by atomic mass is 16.5. The molecule has 2 aromatic carbocycles. The number of Topliss-reactive ketones (excluding diaryl/α,β-unsaturated/α-hetero) is 1. The smallest absolute Gasteiger partial charge is 0.308 e. The van der Waals surface area contributed by atoms with Crippen molar-refractivity contribution >= 4 is 17.7 Å². The van der Waals surface area contributed by atoms with Gasteiger partial charge in [-0.3, -0.25) is 19.3 Å². The third-order valence-corrected chi connectivity index (χ3v) is 4.57. The Kier molecular flexibility index (Phi) is 7.89. The number of carbonyl (C=O) groups is 3. The number of carbonyl (C=O) groups excluding carboxylic acids is 3. The van der Waals surface area contributed by atoms with E-state index in [9.17, 15) is 14.4 Å². The summed E-state index contributed by atoms with van der Waals surface area (Å²) in [7, 11) is 0. The largest absolute Gasteiger partial charge is 0.461 e. The molecule has 2 aromatic rings. The zero-order chi connectivity index (χ0) is 22.3. The molecule has 0 unspecified atom stereocenters. The summed E-state index contributed by atoms with van der Waals surface area (Å²) in [5.74, 6) is -0.737. The molecule has 2 rings (SSSR count). The Morgan fingerprint density at radius 1 is 0.933 bits per heavy atom. The van der Waals surface area contributed by atoms with Crippen LogP contribution in [0.4, 0.5) is 0 Å². The maximum absolute atomic E-state index is 13.1. The van der Waals surface area contributed by atoms with E-state index in [0.717, 1.165) is 5.56 Å². The van der Waals surface area contributed by atoms with Gasteiger partial charge in [0.2, 0.25) is 0 Å². The molecule has 0 fully saturated rings. The van der Waals surface area contributed by atoms with Crippen LogP contribution in [0.3, 0.4) is 0 Å². The Hall–Kier alpha value is -2.99. The van der Waals surface area contributed by atoms with Crippen molar-refractivity contribution in [2.45, 2.75) is 53.3 Å². The van der Waals surface area contributed by atoms with E-state index in [4.69, 9.17) is 9.47 Å². The third kappa shape index (κ3) is 7.12. The highest BCUT2D eigenvalue weighted by Gasteiger charge is 2.25. The van der Waals surface area contributed by atoms with E-state index < -0.39 is 11.9 Å². The predicted molar refractivity (Wildman–Crippen MR) is 114 cm³/mol. The maximum Gasteiger partial charge on any atom is 0.308 e. The fraction of sp³-hybridized carbons (Fsp3) is 0.375. The van der Waals surface area contributed by atoms with Gasteiger partial charge >= 0.3 is 11.9 Å². The first-order chi connectivity index (χ1) is 14.1. The van der Waals surface area contributed by atoms with Crippen LogP contribution in [-0.4, -0.2) is 34.7 Å². The van der Waals surface area contributed by atoms with Crippen LogP contribution in [0, 0.1) is 0 Å². The van der Waals surface area contributed by atoms with Gasteiger partial charge in [0.1, 0.15) is 12.4 Å². The van der Waals surface area contributed by atoms with Crippen molar-refractivity contribution < 1.29 is 23.9 Å². The maximum atomic E-state index is 13.1. The van der Waals surface area contributed by atoms with Crippen LogP contribution in [-0.2, 0) is 27.5 Å². The second-order valence-electron chi connectivity index (χ2n) is 8.13. The van der Waals surface area contributed by atoms with Crippen LogP contribution in [0.1, 0.15) is 56.1 Å². The lowest BCUT2D eigenvalue weighted by molar-refractivity contribution is -0.142. The Balaban J connectivity index is 2.25. The van der Waals surface area contributed by atoms with Gasteiger partial charge in [-0.1, -0.05) is 30.3 Å². The third-order valence-electron chi connectivity index (χ3n) is 4.57. The standard InChI is InChI=1S/C24H29NO5/c1-17(26)29-16-21-13-20(11-12-23(21)30-18(2)27)22(28)15-25(24(3,4)5)14-19-9-7-6-8-10-19/h6-13H,14-16H2,1-5H3. The quantitative estimate of drug-likeness (QED) is 0.369. The average Bonchev–Trinajstić information content (AvgIpc) is 2.66. The SMILES string of the molecule is CC(=O)OCc1cc(C(=O)CN(Cc2ccccc2)C(C)(C)C)ccc1OC(C)=O. The summed E-state index contributed by atoms with van der Waals surface area (Å²) in [5.41, 5.74) is 1.84. The number of hydrogen-bond acceptors (Lipinski definition) is 6. The Morgan fingerprint density at radius 2 is 1.60 bits per heavy atom. The van der Waals surface area contributed by atoms with Crippen molar-refractivity contribution in [3.63, 3.8) is 0 Å². The molecule has 30 heavy (non-hydrogen) atoms. The zero-order valence-corrected chi connectivity index (χ0v) is 18.2. The molecule has 0 aromatic heterocycles. The van der Waals surface area contributed by atoms with Gasteiger partial charge in [-0.25, -0.2) is 0 Å². The summed E-state index contributed by atoms with van der Waals surface area (Å²) in [6, 6.07) is 14.8. The minimum absolute atomic E-state index is 0.0701. The second-order valence-corrected chi connectivity index (χ2v) is 8.13. The molecule has 0 atom stereocenters. The van der Waals surface area contributed by atoms with Crippen LogP contribution >= 0.6 is 0 Å². The summed E-state index contributed by atoms with van der Waals surface area (Å²) in [6.07, 6.45) is 0. The number of rotatable bonds is 8. The molecule has 0 spiro atoms. The molecule has 0 N–H and O–H groups in total. The molecule has 6 heteroatoms. The predicted octanol–water partition coefficient (Wildman–Crippen LogP) is 4.16. The fourth-order valence-corrected chi connectivity index (χ4v) is 2.90.